The van der Waals surface area contributed by atoms with Crippen LogP contribution in [0.1, 0.15) is 36.1 Å². The number of anilines is 1. The van der Waals surface area contributed by atoms with Crippen LogP contribution < -0.4 is 5.32 Å². The molecular weight excluding hydrogens is 364 g/mol. The number of hydrogen-bond donors (Lipinski definition) is 1. The van der Waals surface area contributed by atoms with Crippen LogP contribution in [0.5, 0.6) is 0 Å². The molecule has 0 unspecified atom stereocenters. The molecule has 114 valence electrons. The first-order valence-electron chi connectivity index (χ1n) is 6.87. The molecule has 0 spiro atoms. The van der Waals surface area contributed by atoms with Gasteiger partial charge in [-0.1, -0.05) is 27.3 Å². The van der Waals surface area contributed by atoms with E-state index in [9.17, 15) is 4.79 Å². The fraction of sp³-hybridized carbons (Fsp3) is 0.267. The molecular formula is C15H15BrN4OS. The molecule has 3 aromatic rings. The minimum absolute atomic E-state index is 0.223. The first-order chi connectivity index (χ1) is 10.4. The van der Waals surface area contributed by atoms with Gasteiger partial charge in [-0.05, 0) is 45.0 Å². The van der Waals surface area contributed by atoms with Crippen LogP contribution in [-0.4, -0.2) is 20.7 Å². The number of nitrogens with zero attached hydrogens (tertiary/aromatic N) is 3. The number of aryl methyl sites for hydroxylation is 1. The van der Waals surface area contributed by atoms with Crippen LogP contribution in [0, 0.1) is 6.92 Å². The molecule has 0 aliphatic carbocycles. The second-order valence-corrected chi connectivity index (χ2v) is 7.24. The molecule has 7 heteroatoms. The second kappa shape index (κ2) is 5.81. The number of halogens is 1. The molecule has 5 nitrogen and oxygen atoms in total. The van der Waals surface area contributed by atoms with Crippen LogP contribution in [0.2, 0.25) is 0 Å². The highest BCUT2D eigenvalue weighted by Gasteiger charge is 2.15. The maximum Gasteiger partial charge on any atom is 0.277 e. The Morgan fingerprint density at radius 2 is 2.14 bits per heavy atom. The third kappa shape index (κ3) is 2.91. The van der Waals surface area contributed by atoms with E-state index < -0.39 is 0 Å². The highest BCUT2D eigenvalue weighted by Crippen LogP contribution is 2.28. The Balaban J connectivity index is 1.84. The van der Waals surface area contributed by atoms with Crippen molar-refractivity contribution >= 4 is 48.5 Å². The standard InChI is InChI=1S/C15H15BrN4OS/c1-8(2)20-9(3)6-12(19-20)14(21)18-15-17-11-5-4-10(16)7-13(11)22-15/h4-8H,1-3H3,(H,17,18,21). The van der Waals surface area contributed by atoms with E-state index in [4.69, 9.17) is 0 Å². The van der Waals surface area contributed by atoms with Crippen molar-refractivity contribution in [3.63, 3.8) is 0 Å². The quantitative estimate of drug-likeness (QED) is 0.734. The van der Waals surface area contributed by atoms with Gasteiger partial charge in [-0.2, -0.15) is 5.10 Å². The van der Waals surface area contributed by atoms with Gasteiger partial charge in [0.25, 0.3) is 5.91 Å². The number of hydrogen-bond acceptors (Lipinski definition) is 4. The van der Waals surface area contributed by atoms with Crippen molar-refractivity contribution in [2.75, 3.05) is 5.32 Å². The molecule has 2 aromatic heterocycles. The summed E-state index contributed by atoms with van der Waals surface area (Å²) in [5.41, 5.74) is 2.24. The summed E-state index contributed by atoms with van der Waals surface area (Å²) in [6, 6.07) is 7.85. The smallest absolute Gasteiger partial charge is 0.277 e. The van der Waals surface area contributed by atoms with Crippen molar-refractivity contribution in [3.05, 3.63) is 40.1 Å². The predicted octanol–water partition coefficient (Wildman–Crippen LogP) is 4.40. The van der Waals surface area contributed by atoms with Crippen molar-refractivity contribution in [2.24, 2.45) is 0 Å². The summed E-state index contributed by atoms with van der Waals surface area (Å²) >= 11 is 4.88. The Kier molecular flexibility index (Phi) is 4.01. The number of carbonyl (C=O) groups is 1. The van der Waals surface area contributed by atoms with E-state index in [0.717, 1.165) is 20.4 Å². The molecule has 1 N–H and O–H groups in total. The van der Waals surface area contributed by atoms with E-state index in [0.29, 0.717) is 10.8 Å². The van der Waals surface area contributed by atoms with Gasteiger partial charge in [0.15, 0.2) is 10.8 Å². The fourth-order valence-electron chi connectivity index (χ4n) is 2.23. The zero-order valence-corrected chi connectivity index (χ0v) is 14.8. The molecule has 1 aromatic carbocycles. The van der Waals surface area contributed by atoms with Crippen molar-refractivity contribution in [1.29, 1.82) is 0 Å². The minimum atomic E-state index is -0.236. The fourth-order valence-corrected chi connectivity index (χ4v) is 3.65. The number of carbonyl (C=O) groups excluding carboxylic acids is 1. The van der Waals surface area contributed by atoms with E-state index in [1.165, 1.54) is 11.3 Å². The average Bonchev–Trinajstić information content (AvgIpc) is 3.01. The van der Waals surface area contributed by atoms with Gasteiger partial charge in [0, 0.05) is 16.2 Å². The number of thiazole rings is 1. The summed E-state index contributed by atoms with van der Waals surface area (Å²) in [5, 5.41) is 7.75. The lowest BCUT2D eigenvalue weighted by molar-refractivity contribution is 0.102. The van der Waals surface area contributed by atoms with Gasteiger partial charge in [-0.3, -0.25) is 14.8 Å². The number of benzene rings is 1. The average molecular weight is 379 g/mol. The van der Waals surface area contributed by atoms with Gasteiger partial charge in [-0.15, -0.1) is 0 Å². The molecule has 0 radical (unpaired) electrons. The van der Waals surface area contributed by atoms with E-state index in [1.807, 2.05) is 43.7 Å². The number of fused-ring (bicyclic) bond motifs is 1. The molecule has 0 saturated carbocycles. The first kappa shape index (κ1) is 15.2. The SMILES string of the molecule is Cc1cc(C(=O)Nc2nc3ccc(Br)cc3s2)nn1C(C)C. The van der Waals surface area contributed by atoms with Gasteiger partial charge in [0.05, 0.1) is 10.2 Å². The molecule has 0 atom stereocenters. The minimum Gasteiger partial charge on any atom is -0.296 e. The third-order valence-electron chi connectivity index (χ3n) is 3.22. The number of aromatic nitrogens is 3. The summed E-state index contributed by atoms with van der Waals surface area (Å²) in [4.78, 5) is 16.7. The molecule has 0 saturated heterocycles. The summed E-state index contributed by atoms with van der Waals surface area (Å²) < 4.78 is 3.85. The molecule has 3 rings (SSSR count). The first-order valence-corrected chi connectivity index (χ1v) is 8.48. The Hall–Kier alpha value is -1.73. The summed E-state index contributed by atoms with van der Waals surface area (Å²) in [7, 11) is 0. The molecule has 0 bridgehead atoms. The van der Waals surface area contributed by atoms with Crippen LogP contribution in [-0.2, 0) is 0 Å². The molecule has 22 heavy (non-hydrogen) atoms. The molecule has 2 heterocycles. The van der Waals surface area contributed by atoms with Gasteiger partial charge < -0.3 is 0 Å². The lowest BCUT2D eigenvalue weighted by Crippen LogP contribution is -2.13. The van der Waals surface area contributed by atoms with E-state index in [-0.39, 0.29) is 11.9 Å². The summed E-state index contributed by atoms with van der Waals surface area (Å²) in [6.45, 7) is 6.01. The number of amides is 1. The maximum atomic E-state index is 12.3. The van der Waals surface area contributed by atoms with Gasteiger partial charge in [0.2, 0.25) is 0 Å². The van der Waals surface area contributed by atoms with Crippen molar-refractivity contribution in [2.45, 2.75) is 26.8 Å². The van der Waals surface area contributed by atoms with Crippen LogP contribution in [0.3, 0.4) is 0 Å². The lowest BCUT2D eigenvalue weighted by atomic mass is 10.3. The largest absolute Gasteiger partial charge is 0.296 e. The Bertz CT molecular complexity index is 852. The monoisotopic (exact) mass is 378 g/mol. The third-order valence-corrected chi connectivity index (χ3v) is 4.64. The highest BCUT2D eigenvalue weighted by atomic mass is 79.9. The molecule has 1 amide bonds. The zero-order chi connectivity index (χ0) is 15.9. The van der Waals surface area contributed by atoms with Crippen LogP contribution in [0.4, 0.5) is 5.13 Å². The topological polar surface area (TPSA) is 59.8 Å². The normalized spacial score (nSPS) is 11.3. The Morgan fingerprint density at radius 3 is 2.82 bits per heavy atom. The molecule has 0 aliphatic heterocycles. The van der Waals surface area contributed by atoms with Gasteiger partial charge in [0.1, 0.15) is 0 Å². The van der Waals surface area contributed by atoms with E-state index >= 15 is 0 Å². The van der Waals surface area contributed by atoms with Crippen molar-refractivity contribution < 1.29 is 4.79 Å². The van der Waals surface area contributed by atoms with E-state index in [1.54, 1.807) is 6.07 Å². The highest BCUT2D eigenvalue weighted by molar-refractivity contribution is 9.10. The van der Waals surface area contributed by atoms with Crippen LogP contribution in [0.25, 0.3) is 10.2 Å². The number of nitrogens with one attached hydrogen (secondary N) is 1. The summed E-state index contributed by atoms with van der Waals surface area (Å²) in [5.74, 6) is -0.236. The van der Waals surface area contributed by atoms with Crippen LogP contribution in [0.15, 0.2) is 28.7 Å². The Labute approximate surface area is 140 Å². The number of rotatable bonds is 3. The van der Waals surface area contributed by atoms with Crippen molar-refractivity contribution in [3.8, 4) is 0 Å². The molecule has 0 aliphatic rings. The maximum absolute atomic E-state index is 12.3. The second-order valence-electron chi connectivity index (χ2n) is 5.29. The lowest BCUT2D eigenvalue weighted by Gasteiger charge is -2.06. The van der Waals surface area contributed by atoms with Crippen LogP contribution >= 0.6 is 27.3 Å². The molecule has 0 fully saturated rings. The van der Waals surface area contributed by atoms with Crippen molar-refractivity contribution in [1.82, 2.24) is 14.8 Å². The zero-order valence-electron chi connectivity index (χ0n) is 12.4. The van der Waals surface area contributed by atoms with Gasteiger partial charge >= 0.3 is 0 Å². The van der Waals surface area contributed by atoms with E-state index in [2.05, 4.69) is 31.3 Å². The van der Waals surface area contributed by atoms with Gasteiger partial charge in [-0.25, -0.2) is 4.98 Å². The predicted molar refractivity (Wildman–Crippen MR) is 92.6 cm³/mol. The summed E-state index contributed by atoms with van der Waals surface area (Å²) in [6.07, 6.45) is 0. The Morgan fingerprint density at radius 1 is 1.36 bits per heavy atom.